The summed E-state index contributed by atoms with van der Waals surface area (Å²) in [6.07, 6.45) is 1.41. The zero-order valence-electron chi connectivity index (χ0n) is 12.2. The highest BCUT2D eigenvalue weighted by Gasteiger charge is 2.18. The number of allylic oxidation sites excluding steroid dienone is 1. The van der Waals surface area contributed by atoms with Gasteiger partial charge in [0, 0.05) is 17.8 Å². The van der Waals surface area contributed by atoms with Crippen LogP contribution in [0.15, 0.2) is 18.3 Å². The molecule has 0 saturated carbocycles. The maximum Gasteiger partial charge on any atom is 0.216 e. The summed E-state index contributed by atoms with van der Waals surface area (Å²) in [7, 11) is 0. The molecule has 1 aliphatic heterocycles. The van der Waals surface area contributed by atoms with Crippen LogP contribution in [-0.4, -0.2) is 39.6 Å². The number of nitrogens with zero attached hydrogens (tertiary/aromatic N) is 4. The van der Waals surface area contributed by atoms with Crippen molar-refractivity contribution in [2.24, 2.45) is 0 Å². The number of hydrogen-bond acceptors (Lipinski definition) is 8. The maximum atomic E-state index is 11.8. The molecule has 9 nitrogen and oxygen atoms in total. The van der Waals surface area contributed by atoms with Crippen molar-refractivity contribution in [1.29, 1.82) is 5.26 Å². The normalized spacial score (nSPS) is 13.3. The summed E-state index contributed by atoms with van der Waals surface area (Å²) >= 11 is 0. The molecule has 0 aliphatic carbocycles. The Morgan fingerprint density at radius 2 is 2.13 bits per heavy atom. The van der Waals surface area contributed by atoms with Crippen molar-refractivity contribution in [3.63, 3.8) is 0 Å². The third kappa shape index (κ3) is 2.96. The number of aromatic amines is 1. The zero-order valence-corrected chi connectivity index (χ0v) is 12.2. The number of ether oxygens (including phenoxy) is 2. The van der Waals surface area contributed by atoms with Gasteiger partial charge in [0.25, 0.3) is 0 Å². The van der Waals surface area contributed by atoms with E-state index < -0.39 is 0 Å². The Hall–Kier alpha value is -3.41. The van der Waals surface area contributed by atoms with Gasteiger partial charge < -0.3 is 14.8 Å². The highest BCUT2D eigenvalue weighted by atomic mass is 16.6. The van der Waals surface area contributed by atoms with E-state index in [0.29, 0.717) is 36.0 Å². The van der Waals surface area contributed by atoms with Crippen LogP contribution in [0.2, 0.25) is 0 Å². The molecule has 9 heteroatoms. The summed E-state index contributed by atoms with van der Waals surface area (Å²) in [5, 5.41) is 25.2. The van der Waals surface area contributed by atoms with Crippen LogP contribution in [-0.2, 0) is 0 Å². The van der Waals surface area contributed by atoms with E-state index in [4.69, 9.17) is 14.7 Å². The van der Waals surface area contributed by atoms with Crippen LogP contribution in [0.1, 0.15) is 23.1 Å². The highest BCUT2D eigenvalue weighted by molar-refractivity contribution is 6.01. The summed E-state index contributed by atoms with van der Waals surface area (Å²) in [5.74, 6) is 1.07. The van der Waals surface area contributed by atoms with Crippen molar-refractivity contribution in [2.75, 3.05) is 18.5 Å². The second-order valence-electron chi connectivity index (χ2n) is 4.65. The molecule has 0 amide bonds. The molecule has 1 aliphatic rings. The number of nitrogens with one attached hydrogen (secondary N) is 2. The van der Waals surface area contributed by atoms with Gasteiger partial charge in [0.15, 0.2) is 17.3 Å². The van der Waals surface area contributed by atoms with Gasteiger partial charge in [-0.25, -0.2) is 0 Å². The average molecular weight is 312 g/mol. The SMILES string of the molecule is CC(=O)c1cc2c(cc1NC=C(C#N)c1nn[nH]n1)OCCO2. The fourth-order valence-corrected chi connectivity index (χ4v) is 2.07. The van der Waals surface area contributed by atoms with Gasteiger partial charge in [0.05, 0.1) is 5.69 Å². The third-order valence-electron chi connectivity index (χ3n) is 3.14. The molecule has 0 unspecified atom stereocenters. The molecule has 0 bridgehead atoms. The Bertz CT molecular complexity index is 807. The van der Waals surface area contributed by atoms with Crippen LogP contribution in [0.5, 0.6) is 11.5 Å². The Morgan fingerprint density at radius 3 is 2.74 bits per heavy atom. The number of nitriles is 1. The van der Waals surface area contributed by atoms with Crippen molar-refractivity contribution in [3.8, 4) is 17.6 Å². The molecule has 1 aromatic heterocycles. The summed E-state index contributed by atoms with van der Waals surface area (Å²) < 4.78 is 11.0. The number of anilines is 1. The van der Waals surface area contributed by atoms with Crippen LogP contribution in [0.3, 0.4) is 0 Å². The van der Waals surface area contributed by atoms with Crippen molar-refractivity contribution >= 4 is 17.0 Å². The summed E-state index contributed by atoms with van der Waals surface area (Å²) in [6, 6.07) is 5.24. The predicted molar refractivity (Wildman–Crippen MR) is 78.8 cm³/mol. The van der Waals surface area contributed by atoms with E-state index in [0.717, 1.165) is 0 Å². The third-order valence-corrected chi connectivity index (χ3v) is 3.14. The standard InChI is InChI=1S/C14H12N6O3/c1-8(21)10-4-12-13(23-3-2-22-12)5-11(10)16-7-9(6-15)14-17-19-20-18-14/h4-5,7,16H,2-3H2,1H3,(H,17,18,19,20). The molecule has 2 N–H and O–H groups in total. The van der Waals surface area contributed by atoms with Gasteiger partial charge >= 0.3 is 0 Å². The second-order valence-corrected chi connectivity index (χ2v) is 4.65. The lowest BCUT2D eigenvalue weighted by molar-refractivity contribution is 0.101. The van der Waals surface area contributed by atoms with Gasteiger partial charge in [-0.15, -0.1) is 10.2 Å². The van der Waals surface area contributed by atoms with Crippen LogP contribution < -0.4 is 14.8 Å². The number of tetrazole rings is 1. The van der Waals surface area contributed by atoms with Crippen LogP contribution >= 0.6 is 0 Å². The number of rotatable bonds is 4. The molecule has 0 saturated heterocycles. The van der Waals surface area contributed by atoms with Gasteiger partial charge in [0.1, 0.15) is 24.9 Å². The minimum Gasteiger partial charge on any atom is -0.486 e. The Morgan fingerprint density at radius 1 is 1.39 bits per heavy atom. The lowest BCUT2D eigenvalue weighted by Gasteiger charge is -2.20. The zero-order chi connectivity index (χ0) is 16.2. The molecular weight excluding hydrogens is 300 g/mol. The van der Waals surface area contributed by atoms with Crippen molar-refractivity contribution in [3.05, 3.63) is 29.7 Å². The molecule has 2 aromatic rings. The van der Waals surface area contributed by atoms with Crippen molar-refractivity contribution in [2.45, 2.75) is 6.92 Å². The number of carbonyl (C=O) groups is 1. The first-order valence-electron chi connectivity index (χ1n) is 6.74. The number of H-pyrrole nitrogens is 1. The highest BCUT2D eigenvalue weighted by Crippen LogP contribution is 2.36. The number of Topliss-reactive ketones (excluding diaryl/α,β-unsaturated/α-hetero) is 1. The molecule has 0 atom stereocenters. The Kier molecular flexibility index (Phi) is 3.88. The monoisotopic (exact) mass is 312 g/mol. The number of benzene rings is 1. The van der Waals surface area contributed by atoms with E-state index in [-0.39, 0.29) is 17.2 Å². The minimum absolute atomic E-state index is 0.143. The van der Waals surface area contributed by atoms with Crippen molar-refractivity contribution in [1.82, 2.24) is 20.6 Å². The Labute approximate surface area is 130 Å². The van der Waals surface area contributed by atoms with E-state index in [2.05, 4.69) is 25.9 Å². The molecule has 0 radical (unpaired) electrons. The first-order valence-corrected chi connectivity index (χ1v) is 6.74. The summed E-state index contributed by atoms with van der Waals surface area (Å²) in [6.45, 7) is 2.33. The minimum atomic E-state index is -0.143. The van der Waals surface area contributed by atoms with E-state index in [1.54, 1.807) is 12.1 Å². The van der Waals surface area contributed by atoms with Gasteiger partial charge in [-0.1, -0.05) is 0 Å². The number of carbonyl (C=O) groups excluding carboxylic acids is 1. The lowest BCUT2D eigenvalue weighted by atomic mass is 10.1. The fourth-order valence-electron chi connectivity index (χ4n) is 2.07. The largest absolute Gasteiger partial charge is 0.486 e. The molecule has 3 rings (SSSR count). The predicted octanol–water partition coefficient (Wildman–Crippen LogP) is 1.15. The number of ketones is 1. The lowest BCUT2D eigenvalue weighted by Crippen LogP contribution is -2.16. The van der Waals surface area contributed by atoms with E-state index in [9.17, 15) is 4.79 Å². The van der Waals surface area contributed by atoms with Gasteiger partial charge in [-0.2, -0.15) is 10.5 Å². The fraction of sp³-hybridized carbons (Fsp3) is 0.214. The Balaban J connectivity index is 1.95. The van der Waals surface area contributed by atoms with Gasteiger partial charge in [0.2, 0.25) is 5.82 Å². The first kappa shape index (κ1) is 14.5. The molecular formula is C14H12N6O3. The van der Waals surface area contributed by atoms with E-state index in [1.807, 2.05) is 6.07 Å². The topological polar surface area (TPSA) is 126 Å². The molecule has 1 aromatic carbocycles. The number of fused-ring (bicyclic) bond motifs is 1. The quantitative estimate of drug-likeness (QED) is 0.636. The maximum absolute atomic E-state index is 11.8. The van der Waals surface area contributed by atoms with Crippen LogP contribution in [0.4, 0.5) is 5.69 Å². The molecule has 0 spiro atoms. The number of hydrogen-bond donors (Lipinski definition) is 2. The van der Waals surface area contributed by atoms with Gasteiger partial charge in [-0.05, 0) is 18.2 Å². The molecule has 0 fully saturated rings. The number of aromatic nitrogens is 4. The second kappa shape index (κ2) is 6.15. The molecule has 2 heterocycles. The summed E-state index contributed by atoms with van der Waals surface area (Å²) in [4.78, 5) is 11.8. The molecule has 23 heavy (non-hydrogen) atoms. The van der Waals surface area contributed by atoms with E-state index >= 15 is 0 Å². The smallest absolute Gasteiger partial charge is 0.216 e. The van der Waals surface area contributed by atoms with E-state index in [1.165, 1.54) is 13.1 Å². The first-order chi connectivity index (χ1) is 11.2. The molecule has 116 valence electrons. The van der Waals surface area contributed by atoms with Crippen LogP contribution in [0, 0.1) is 11.3 Å². The average Bonchev–Trinajstić information content (AvgIpc) is 3.09. The van der Waals surface area contributed by atoms with Crippen molar-refractivity contribution < 1.29 is 14.3 Å². The van der Waals surface area contributed by atoms with Gasteiger partial charge in [-0.3, -0.25) is 4.79 Å². The summed E-state index contributed by atoms with van der Waals surface area (Å²) in [5.41, 5.74) is 1.09. The van der Waals surface area contributed by atoms with Crippen LogP contribution in [0.25, 0.3) is 5.57 Å².